The largest absolute Gasteiger partial charge is 0.459 e. The third-order valence-electron chi connectivity index (χ3n) is 4.19. The molecule has 0 aliphatic rings. The molecule has 1 atom stereocenters. The third-order valence-corrected chi connectivity index (χ3v) is 4.19. The van der Waals surface area contributed by atoms with E-state index in [1.807, 2.05) is 0 Å². The van der Waals surface area contributed by atoms with Gasteiger partial charge in [-0.2, -0.15) is 0 Å². The van der Waals surface area contributed by atoms with Gasteiger partial charge in [0.15, 0.2) is 0 Å². The van der Waals surface area contributed by atoms with Crippen LogP contribution in [0.3, 0.4) is 0 Å². The van der Waals surface area contributed by atoms with Crippen molar-refractivity contribution in [2.75, 3.05) is 0 Å². The first-order chi connectivity index (χ1) is 12.1. The van der Waals surface area contributed by atoms with Crippen LogP contribution in [0, 0.1) is 0 Å². The second-order valence-electron chi connectivity index (χ2n) is 6.59. The predicted molar refractivity (Wildman–Crippen MR) is 104 cm³/mol. The van der Waals surface area contributed by atoms with Gasteiger partial charge in [0.05, 0.1) is 0 Å². The minimum absolute atomic E-state index is 0.0348. The van der Waals surface area contributed by atoms with Crippen molar-refractivity contribution in [3.05, 3.63) is 24.8 Å². The zero-order valence-electron chi connectivity index (χ0n) is 16.0. The summed E-state index contributed by atoms with van der Waals surface area (Å²) in [6.07, 6.45) is 19.0. The Morgan fingerprint density at radius 3 is 2.36 bits per heavy atom. The lowest BCUT2D eigenvalue weighted by Crippen LogP contribution is -2.16. The molecule has 0 aromatic rings. The Labute approximate surface area is 153 Å². The third kappa shape index (κ3) is 17.0. The van der Waals surface area contributed by atoms with Crippen molar-refractivity contribution in [1.29, 1.82) is 0 Å². The Kier molecular flexibility index (Phi) is 16.2. The zero-order valence-corrected chi connectivity index (χ0v) is 16.0. The maximum atomic E-state index is 11.4. The van der Waals surface area contributed by atoms with E-state index >= 15 is 0 Å². The second kappa shape index (κ2) is 17.2. The van der Waals surface area contributed by atoms with Crippen LogP contribution >= 0.6 is 0 Å². The lowest BCUT2D eigenvalue weighted by atomic mass is 10.1. The number of carbonyl (C=O) groups excluding carboxylic acids is 2. The van der Waals surface area contributed by atoms with E-state index in [1.54, 1.807) is 0 Å². The van der Waals surface area contributed by atoms with Crippen molar-refractivity contribution in [1.82, 2.24) is 0 Å². The number of primary amides is 1. The minimum Gasteiger partial charge on any atom is -0.459 e. The first kappa shape index (κ1) is 23.4. The Morgan fingerprint density at radius 2 is 1.68 bits per heavy atom. The number of carbonyl (C=O) groups is 2. The van der Waals surface area contributed by atoms with Crippen molar-refractivity contribution >= 4 is 11.9 Å². The summed E-state index contributed by atoms with van der Waals surface area (Å²) in [4.78, 5) is 22.0. The summed E-state index contributed by atoms with van der Waals surface area (Å²) >= 11 is 0. The van der Waals surface area contributed by atoms with E-state index in [1.165, 1.54) is 31.8 Å². The van der Waals surface area contributed by atoms with Crippen LogP contribution in [-0.4, -0.2) is 18.0 Å². The summed E-state index contributed by atoms with van der Waals surface area (Å²) in [5.41, 5.74) is 5.11. The highest BCUT2D eigenvalue weighted by molar-refractivity contribution is 5.81. The van der Waals surface area contributed by atoms with Gasteiger partial charge in [0.25, 0.3) is 0 Å². The highest BCUT2D eigenvalue weighted by Gasteiger charge is 2.10. The first-order valence-corrected chi connectivity index (χ1v) is 9.86. The van der Waals surface area contributed by atoms with Crippen LogP contribution in [0.2, 0.25) is 0 Å². The molecule has 0 aromatic heterocycles. The Hall–Kier alpha value is -1.58. The number of unbranched alkanes of at least 4 members (excludes halogenated alkanes) is 8. The summed E-state index contributed by atoms with van der Waals surface area (Å²) in [5.74, 6) is -0.533. The van der Waals surface area contributed by atoms with Crippen LogP contribution in [0.15, 0.2) is 24.8 Å². The average molecular weight is 352 g/mol. The second-order valence-corrected chi connectivity index (χ2v) is 6.59. The number of hydrogen-bond acceptors (Lipinski definition) is 3. The topological polar surface area (TPSA) is 69.4 Å². The Bertz CT molecular complexity index is 391. The number of nitrogens with two attached hydrogens (primary N) is 1. The van der Waals surface area contributed by atoms with Gasteiger partial charge in [-0.3, -0.25) is 4.79 Å². The standard InChI is InChI=1S/C21H37NO3/c1-3-5-6-13-16-19(25-21(24)4-2)17-14-11-9-7-8-10-12-15-18-20(22)23/h4,11,14,19H,2-3,5-10,12-13,15-18H2,1H3,(H2,22,23)/t19-/m1/s1. The summed E-state index contributed by atoms with van der Waals surface area (Å²) < 4.78 is 5.43. The van der Waals surface area contributed by atoms with Gasteiger partial charge in [-0.15, -0.1) is 0 Å². The van der Waals surface area contributed by atoms with Gasteiger partial charge >= 0.3 is 5.97 Å². The van der Waals surface area contributed by atoms with Crippen molar-refractivity contribution in [3.63, 3.8) is 0 Å². The van der Waals surface area contributed by atoms with E-state index in [0.717, 1.165) is 51.4 Å². The molecule has 0 aliphatic carbocycles. The molecule has 0 saturated heterocycles. The molecule has 25 heavy (non-hydrogen) atoms. The molecule has 0 fully saturated rings. The Balaban J connectivity index is 3.81. The molecule has 0 rings (SSSR count). The van der Waals surface area contributed by atoms with Crippen LogP contribution < -0.4 is 5.73 Å². The number of hydrogen-bond donors (Lipinski definition) is 1. The number of amides is 1. The van der Waals surface area contributed by atoms with E-state index in [2.05, 4.69) is 25.7 Å². The van der Waals surface area contributed by atoms with Crippen LogP contribution in [0.4, 0.5) is 0 Å². The van der Waals surface area contributed by atoms with E-state index < -0.39 is 0 Å². The van der Waals surface area contributed by atoms with E-state index in [0.29, 0.717) is 6.42 Å². The summed E-state index contributed by atoms with van der Waals surface area (Å²) in [6, 6.07) is 0. The van der Waals surface area contributed by atoms with Gasteiger partial charge in [0.2, 0.25) is 5.91 Å². The summed E-state index contributed by atoms with van der Waals surface area (Å²) in [7, 11) is 0. The molecule has 0 aliphatic heterocycles. The van der Waals surface area contributed by atoms with Crippen molar-refractivity contribution < 1.29 is 14.3 Å². The van der Waals surface area contributed by atoms with Crippen LogP contribution in [0.25, 0.3) is 0 Å². The molecule has 0 bridgehead atoms. The number of ether oxygens (including phenoxy) is 1. The van der Waals surface area contributed by atoms with E-state index in [-0.39, 0.29) is 18.0 Å². The van der Waals surface area contributed by atoms with E-state index in [4.69, 9.17) is 10.5 Å². The van der Waals surface area contributed by atoms with Gasteiger partial charge < -0.3 is 10.5 Å². The van der Waals surface area contributed by atoms with Gasteiger partial charge in [0.1, 0.15) is 6.10 Å². The molecule has 0 unspecified atom stereocenters. The molecule has 2 N–H and O–H groups in total. The van der Waals surface area contributed by atoms with Crippen LogP contribution in [-0.2, 0) is 14.3 Å². The Morgan fingerprint density at radius 1 is 1.00 bits per heavy atom. The van der Waals surface area contributed by atoms with Gasteiger partial charge in [-0.1, -0.05) is 64.2 Å². The lowest BCUT2D eigenvalue weighted by molar-refractivity contribution is -0.143. The number of esters is 1. The van der Waals surface area contributed by atoms with Gasteiger partial charge in [0, 0.05) is 18.9 Å². The molecule has 0 aromatic carbocycles. The molecule has 1 amide bonds. The molecule has 0 spiro atoms. The highest BCUT2D eigenvalue weighted by atomic mass is 16.5. The van der Waals surface area contributed by atoms with Crippen LogP contribution in [0.5, 0.6) is 0 Å². The molecule has 4 heteroatoms. The van der Waals surface area contributed by atoms with Gasteiger partial charge in [-0.25, -0.2) is 4.79 Å². The lowest BCUT2D eigenvalue weighted by Gasteiger charge is -2.15. The SMILES string of the molecule is C=CC(=O)O[C@@H](CC=CCCCCCCCC(N)=O)CCCCCC. The number of rotatable bonds is 17. The quantitative estimate of drug-likeness (QED) is 0.169. The molecule has 0 heterocycles. The van der Waals surface area contributed by atoms with Crippen LogP contribution in [0.1, 0.15) is 90.4 Å². The minimum atomic E-state index is -0.329. The fourth-order valence-electron chi connectivity index (χ4n) is 2.69. The fraction of sp³-hybridized carbons (Fsp3) is 0.714. The normalized spacial score (nSPS) is 12.2. The zero-order chi connectivity index (χ0) is 18.8. The summed E-state index contributed by atoms with van der Waals surface area (Å²) in [5, 5.41) is 0. The van der Waals surface area contributed by atoms with Gasteiger partial charge in [-0.05, 0) is 32.1 Å². The van der Waals surface area contributed by atoms with Crippen molar-refractivity contribution in [3.8, 4) is 0 Å². The molecular formula is C21H37NO3. The van der Waals surface area contributed by atoms with Crippen molar-refractivity contribution in [2.24, 2.45) is 5.73 Å². The fourth-order valence-corrected chi connectivity index (χ4v) is 2.69. The first-order valence-electron chi connectivity index (χ1n) is 9.86. The summed E-state index contributed by atoms with van der Waals surface area (Å²) in [6.45, 7) is 5.66. The smallest absolute Gasteiger partial charge is 0.330 e. The molecule has 0 radical (unpaired) electrons. The predicted octanol–water partition coefficient (Wildman–Crippen LogP) is 5.22. The maximum Gasteiger partial charge on any atom is 0.330 e. The highest BCUT2D eigenvalue weighted by Crippen LogP contribution is 2.13. The molecule has 4 nitrogen and oxygen atoms in total. The molecular weight excluding hydrogens is 314 g/mol. The van der Waals surface area contributed by atoms with E-state index in [9.17, 15) is 9.59 Å². The molecule has 0 saturated carbocycles. The van der Waals surface area contributed by atoms with Crippen molar-refractivity contribution in [2.45, 2.75) is 96.5 Å². The average Bonchev–Trinajstić information content (AvgIpc) is 2.59. The molecule has 144 valence electrons. The maximum absolute atomic E-state index is 11.4. The monoisotopic (exact) mass is 351 g/mol. The number of allylic oxidation sites excluding steroid dienone is 1.